The van der Waals surface area contributed by atoms with E-state index in [1.54, 1.807) is 11.5 Å². The highest BCUT2D eigenvalue weighted by molar-refractivity contribution is 7.09. The van der Waals surface area contributed by atoms with Gasteiger partial charge in [-0.25, -0.2) is 4.98 Å². The van der Waals surface area contributed by atoms with Crippen molar-refractivity contribution in [2.45, 2.75) is 39.0 Å². The van der Waals surface area contributed by atoms with Gasteiger partial charge in [0.25, 0.3) is 0 Å². The molecule has 6 heteroatoms. The maximum Gasteiger partial charge on any atom is 0.205 e. The highest BCUT2D eigenvalue weighted by Gasteiger charge is 2.17. The van der Waals surface area contributed by atoms with Gasteiger partial charge in [-0.1, -0.05) is 13.3 Å². The van der Waals surface area contributed by atoms with Gasteiger partial charge in [-0.05, 0) is 38.9 Å². The van der Waals surface area contributed by atoms with Gasteiger partial charge >= 0.3 is 0 Å². The number of hydrogen-bond donors (Lipinski definition) is 1. The molecule has 2 N–H and O–H groups in total. The summed E-state index contributed by atoms with van der Waals surface area (Å²) in [7, 11) is 0. The fourth-order valence-corrected chi connectivity index (χ4v) is 3.36. The van der Waals surface area contributed by atoms with E-state index in [4.69, 9.17) is 5.73 Å². The second-order valence-corrected chi connectivity index (χ2v) is 6.11. The lowest BCUT2D eigenvalue weighted by Gasteiger charge is -2.21. The quantitative estimate of drug-likeness (QED) is 0.777. The molecule has 1 saturated heterocycles. The van der Waals surface area contributed by atoms with Crippen LogP contribution in [0, 0.1) is 0 Å². The van der Waals surface area contributed by atoms with Crippen LogP contribution >= 0.6 is 11.5 Å². The first-order chi connectivity index (χ1) is 9.83. The molecule has 5 nitrogen and oxygen atoms in total. The molecule has 1 aliphatic heterocycles. The Labute approximate surface area is 126 Å². The van der Waals surface area contributed by atoms with Crippen LogP contribution < -0.4 is 10.6 Å². The number of aromatic nitrogens is 2. The summed E-state index contributed by atoms with van der Waals surface area (Å²) < 4.78 is 4.39. The molecule has 2 heterocycles. The molecule has 1 aliphatic rings. The molecule has 20 heavy (non-hydrogen) atoms. The van der Waals surface area contributed by atoms with E-state index in [1.165, 1.54) is 32.4 Å². The van der Waals surface area contributed by atoms with Crippen LogP contribution in [0.25, 0.3) is 0 Å². The van der Waals surface area contributed by atoms with Crippen LogP contribution in [0.5, 0.6) is 0 Å². The average molecular weight is 297 g/mol. The highest BCUT2D eigenvalue weighted by atomic mass is 32.1. The van der Waals surface area contributed by atoms with Crippen molar-refractivity contribution in [1.82, 2.24) is 14.3 Å². The Morgan fingerprint density at radius 3 is 2.80 bits per heavy atom. The first kappa shape index (κ1) is 15.7. The first-order valence-electron chi connectivity index (χ1n) is 7.83. The molecule has 1 aromatic rings. The summed E-state index contributed by atoms with van der Waals surface area (Å²) in [5.74, 6) is 0.980. The van der Waals surface area contributed by atoms with Gasteiger partial charge in [0, 0.05) is 37.6 Å². The van der Waals surface area contributed by atoms with Crippen molar-refractivity contribution in [1.29, 1.82) is 0 Å². The van der Waals surface area contributed by atoms with E-state index >= 15 is 0 Å². The number of nitrogens with two attached hydrogens (primary N) is 1. The average Bonchev–Trinajstić information content (AvgIpc) is 2.83. The van der Waals surface area contributed by atoms with Gasteiger partial charge in [-0.15, -0.1) is 0 Å². The fourth-order valence-electron chi connectivity index (χ4n) is 2.56. The van der Waals surface area contributed by atoms with Gasteiger partial charge in [0.15, 0.2) is 0 Å². The number of hydrogen-bond acceptors (Lipinski definition) is 6. The molecule has 0 radical (unpaired) electrons. The maximum absolute atomic E-state index is 5.54. The lowest BCUT2D eigenvalue weighted by Crippen LogP contribution is -2.31. The number of anilines is 1. The van der Waals surface area contributed by atoms with Gasteiger partial charge < -0.3 is 15.5 Å². The Morgan fingerprint density at radius 1 is 1.15 bits per heavy atom. The molecule has 0 saturated carbocycles. The third kappa shape index (κ3) is 4.68. The van der Waals surface area contributed by atoms with E-state index in [0.29, 0.717) is 0 Å². The summed E-state index contributed by atoms with van der Waals surface area (Å²) in [6.07, 6.45) is 5.84. The van der Waals surface area contributed by atoms with Gasteiger partial charge in [0.2, 0.25) is 5.13 Å². The van der Waals surface area contributed by atoms with Crippen molar-refractivity contribution in [3.05, 3.63) is 5.82 Å². The number of nitrogens with zero attached hydrogens (tertiary/aromatic N) is 4. The molecular formula is C14H27N5S. The Morgan fingerprint density at radius 2 is 2.05 bits per heavy atom. The van der Waals surface area contributed by atoms with Gasteiger partial charge in [-0.3, -0.25) is 0 Å². The van der Waals surface area contributed by atoms with E-state index in [1.807, 2.05) is 0 Å². The monoisotopic (exact) mass is 297 g/mol. The topological polar surface area (TPSA) is 58.3 Å². The van der Waals surface area contributed by atoms with E-state index in [9.17, 15) is 0 Å². The third-order valence-corrected chi connectivity index (χ3v) is 4.63. The second-order valence-electron chi connectivity index (χ2n) is 5.38. The Balaban J connectivity index is 1.76. The molecule has 2 rings (SSSR count). The van der Waals surface area contributed by atoms with Crippen LogP contribution in [0.4, 0.5) is 5.13 Å². The van der Waals surface area contributed by atoms with E-state index in [0.717, 1.165) is 50.0 Å². The largest absolute Gasteiger partial charge is 0.346 e. The highest BCUT2D eigenvalue weighted by Crippen LogP contribution is 2.19. The van der Waals surface area contributed by atoms with Crippen LogP contribution in [0.15, 0.2) is 0 Å². The standard InChI is InChI=1S/C14H27N5S/c1-2-13-16-14(20-17-13)19-10-6-9-18(11-12-19)8-5-3-4-7-15/h2-12,15H2,1H3. The zero-order valence-electron chi connectivity index (χ0n) is 12.6. The lowest BCUT2D eigenvalue weighted by molar-refractivity contribution is 0.286. The number of unbranched alkanes of at least 4 members (excludes halogenated alkanes) is 2. The van der Waals surface area contributed by atoms with E-state index in [2.05, 4.69) is 26.1 Å². The minimum Gasteiger partial charge on any atom is -0.346 e. The summed E-state index contributed by atoms with van der Waals surface area (Å²) in [4.78, 5) is 9.59. The minimum absolute atomic E-state index is 0.824. The van der Waals surface area contributed by atoms with Crippen LogP contribution in [0.3, 0.4) is 0 Å². The number of aryl methyl sites for hydroxylation is 1. The van der Waals surface area contributed by atoms with Crippen molar-refractivity contribution in [2.75, 3.05) is 44.2 Å². The van der Waals surface area contributed by atoms with Crippen molar-refractivity contribution in [3.63, 3.8) is 0 Å². The van der Waals surface area contributed by atoms with E-state index in [-0.39, 0.29) is 0 Å². The Hall–Kier alpha value is -0.720. The molecule has 1 fully saturated rings. The third-order valence-electron chi connectivity index (χ3n) is 3.81. The maximum atomic E-state index is 5.54. The molecule has 0 atom stereocenters. The smallest absolute Gasteiger partial charge is 0.205 e. The Kier molecular flexibility index (Phi) is 6.69. The van der Waals surface area contributed by atoms with Crippen molar-refractivity contribution < 1.29 is 0 Å². The summed E-state index contributed by atoms with van der Waals surface area (Å²) >= 11 is 1.55. The zero-order valence-corrected chi connectivity index (χ0v) is 13.4. The summed E-state index contributed by atoms with van der Waals surface area (Å²) in [5, 5.41) is 1.10. The van der Waals surface area contributed by atoms with E-state index < -0.39 is 0 Å². The molecule has 0 aromatic carbocycles. The SMILES string of the molecule is CCc1nsc(N2CCCN(CCCCCN)CC2)n1. The molecule has 0 unspecified atom stereocenters. The summed E-state index contributed by atoms with van der Waals surface area (Å²) in [6.45, 7) is 8.68. The predicted molar refractivity (Wildman–Crippen MR) is 85.5 cm³/mol. The molecule has 1 aromatic heterocycles. The lowest BCUT2D eigenvalue weighted by atomic mass is 10.2. The van der Waals surface area contributed by atoms with Crippen LogP contribution in [-0.4, -0.2) is 53.5 Å². The first-order valence-corrected chi connectivity index (χ1v) is 8.60. The predicted octanol–water partition coefficient (Wildman–Crippen LogP) is 1.74. The zero-order chi connectivity index (χ0) is 14.2. The van der Waals surface area contributed by atoms with Crippen LogP contribution in [0.2, 0.25) is 0 Å². The molecule has 0 aliphatic carbocycles. The van der Waals surface area contributed by atoms with Crippen molar-refractivity contribution in [3.8, 4) is 0 Å². The summed E-state index contributed by atoms with van der Waals surface area (Å²) in [6, 6.07) is 0. The molecule has 0 amide bonds. The van der Waals surface area contributed by atoms with Crippen molar-refractivity contribution in [2.24, 2.45) is 5.73 Å². The molecule has 0 spiro atoms. The van der Waals surface area contributed by atoms with Crippen molar-refractivity contribution >= 4 is 16.7 Å². The molecule has 0 bridgehead atoms. The normalized spacial score (nSPS) is 17.4. The second kappa shape index (κ2) is 8.54. The van der Waals surface area contributed by atoms with Crippen LogP contribution in [-0.2, 0) is 6.42 Å². The van der Waals surface area contributed by atoms with Gasteiger partial charge in [0.1, 0.15) is 5.82 Å². The molecular weight excluding hydrogens is 270 g/mol. The molecule has 114 valence electrons. The minimum atomic E-state index is 0.824. The number of rotatable bonds is 7. The van der Waals surface area contributed by atoms with Crippen LogP contribution in [0.1, 0.15) is 38.4 Å². The van der Waals surface area contributed by atoms with Gasteiger partial charge in [0.05, 0.1) is 0 Å². The Bertz CT molecular complexity index is 381. The van der Waals surface area contributed by atoms with Gasteiger partial charge in [-0.2, -0.15) is 4.37 Å². The fraction of sp³-hybridized carbons (Fsp3) is 0.857. The summed E-state index contributed by atoms with van der Waals surface area (Å²) in [5.41, 5.74) is 5.54.